The van der Waals surface area contributed by atoms with Crippen molar-refractivity contribution in [2.24, 2.45) is 0 Å². The number of hydrogen-bond acceptors (Lipinski definition) is 3. The molecule has 3 nitrogen and oxygen atoms in total. The Bertz CT molecular complexity index is 377. The van der Waals surface area contributed by atoms with Gasteiger partial charge in [0.15, 0.2) is 5.82 Å². The summed E-state index contributed by atoms with van der Waals surface area (Å²) in [5, 5.41) is 1.05. The topological polar surface area (TPSA) is 29.0 Å². The van der Waals surface area contributed by atoms with Gasteiger partial charge in [-0.25, -0.2) is 4.98 Å². The van der Waals surface area contributed by atoms with Crippen LogP contribution in [-0.2, 0) is 0 Å². The molecule has 0 unspecified atom stereocenters. The quantitative estimate of drug-likeness (QED) is 0.781. The maximum Gasteiger partial charge on any atom is 0.150 e. The molecule has 0 spiro atoms. The molecule has 2 rings (SSSR count). The van der Waals surface area contributed by atoms with E-state index >= 15 is 0 Å². The van der Waals surface area contributed by atoms with E-state index < -0.39 is 0 Å². The van der Waals surface area contributed by atoms with Crippen molar-refractivity contribution < 1.29 is 0 Å². The summed E-state index contributed by atoms with van der Waals surface area (Å²) in [6, 6.07) is 0.684. The molecule has 0 aromatic carbocycles. The lowest BCUT2D eigenvalue weighted by atomic mass is 9.91. The van der Waals surface area contributed by atoms with E-state index in [2.05, 4.69) is 37.7 Å². The van der Waals surface area contributed by atoms with Crippen LogP contribution in [0.3, 0.4) is 0 Å². The van der Waals surface area contributed by atoms with Crippen molar-refractivity contribution in [1.82, 2.24) is 9.97 Å². The van der Waals surface area contributed by atoms with Gasteiger partial charge in [0.25, 0.3) is 0 Å². The molecule has 0 saturated heterocycles. The Balaban J connectivity index is 2.20. The highest BCUT2D eigenvalue weighted by atomic mass is 79.9. The molecule has 17 heavy (non-hydrogen) atoms. The second-order valence-electron chi connectivity index (χ2n) is 4.74. The molecule has 1 fully saturated rings. The van der Waals surface area contributed by atoms with Gasteiger partial charge in [0.05, 0.1) is 11.4 Å². The average Bonchev–Trinajstić information content (AvgIpc) is 2.25. The molecule has 1 heterocycles. The Hall–Kier alpha value is -0.640. The van der Waals surface area contributed by atoms with E-state index in [1.54, 1.807) is 0 Å². The molecule has 1 aliphatic rings. The van der Waals surface area contributed by atoms with Gasteiger partial charge in [0.1, 0.15) is 0 Å². The standard InChI is InChI=1S/C13H20BrN3/c1-10-9-15-11(2)13(16-10)17(8-4-7-14)12-5-3-6-12/h9,12H,3-8H2,1-2H3. The number of rotatable bonds is 5. The van der Waals surface area contributed by atoms with Gasteiger partial charge in [0, 0.05) is 24.1 Å². The van der Waals surface area contributed by atoms with Crippen molar-refractivity contribution in [2.75, 3.05) is 16.8 Å². The van der Waals surface area contributed by atoms with E-state index in [9.17, 15) is 0 Å². The minimum absolute atomic E-state index is 0.684. The van der Waals surface area contributed by atoms with E-state index in [0.717, 1.165) is 35.5 Å². The highest BCUT2D eigenvalue weighted by Gasteiger charge is 2.26. The number of alkyl halides is 1. The number of aryl methyl sites for hydroxylation is 2. The molecule has 1 aromatic rings. The normalized spacial score (nSPS) is 15.7. The van der Waals surface area contributed by atoms with Gasteiger partial charge < -0.3 is 4.90 Å². The maximum atomic E-state index is 4.68. The zero-order chi connectivity index (χ0) is 12.3. The maximum absolute atomic E-state index is 4.68. The van der Waals surface area contributed by atoms with Gasteiger partial charge in [-0.15, -0.1) is 0 Å². The van der Waals surface area contributed by atoms with Crippen LogP contribution in [0, 0.1) is 13.8 Å². The van der Waals surface area contributed by atoms with Crippen LogP contribution < -0.4 is 4.90 Å². The molecular formula is C13H20BrN3. The molecule has 4 heteroatoms. The smallest absolute Gasteiger partial charge is 0.150 e. The third-order valence-corrected chi connectivity index (χ3v) is 3.93. The van der Waals surface area contributed by atoms with Crippen LogP contribution in [0.1, 0.15) is 37.1 Å². The Labute approximate surface area is 112 Å². The first-order valence-electron chi connectivity index (χ1n) is 6.35. The molecule has 1 aliphatic carbocycles. The van der Waals surface area contributed by atoms with Crippen molar-refractivity contribution >= 4 is 21.7 Å². The van der Waals surface area contributed by atoms with E-state index in [1.807, 2.05) is 13.1 Å². The second kappa shape index (κ2) is 5.80. The predicted octanol–water partition coefficient (Wildman–Crippen LogP) is 3.24. The van der Waals surface area contributed by atoms with Crippen LogP contribution in [0.5, 0.6) is 0 Å². The van der Waals surface area contributed by atoms with Crippen LogP contribution in [-0.4, -0.2) is 27.9 Å². The van der Waals surface area contributed by atoms with Gasteiger partial charge in [-0.1, -0.05) is 15.9 Å². The number of aromatic nitrogens is 2. The fourth-order valence-corrected chi connectivity index (χ4v) is 2.44. The van der Waals surface area contributed by atoms with Crippen molar-refractivity contribution in [3.63, 3.8) is 0 Å². The molecule has 0 amide bonds. The largest absolute Gasteiger partial charge is 0.352 e. The van der Waals surface area contributed by atoms with Crippen molar-refractivity contribution in [1.29, 1.82) is 0 Å². The monoisotopic (exact) mass is 297 g/mol. The van der Waals surface area contributed by atoms with E-state index in [4.69, 9.17) is 0 Å². The fraction of sp³-hybridized carbons (Fsp3) is 0.692. The first-order valence-corrected chi connectivity index (χ1v) is 7.47. The zero-order valence-corrected chi connectivity index (χ0v) is 12.2. The Morgan fingerprint density at radius 3 is 2.76 bits per heavy atom. The molecule has 0 N–H and O–H groups in total. The highest BCUT2D eigenvalue weighted by Crippen LogP contribution is 2.30. The SMILES string of the molecule is Cc1cnc(C)c(N(CCCBr)C2CCC2)n1. The van der Waals surface area contributed by atoms with Crippen LogP contribution in [0.15, 0.2) is 6.20 Å². The summed E-state index contributed by atoms with van der Waals surface area (Å²) in [4.78, 5) is 11.6. The zero-order valence-electron chi connectivity index (χ0n) is 10.6. The second-order valence-corrected chi connectivity index (χ2v) is 5.53. The van der Waals surface area contributed by atoms with Gasteiger partial charge in [-0.05, 0) is 39.5 Å². The van der Waals surface area contributed by atoms with E-state index in [-0.39, 0.29) is 0 Å². The van der Waals surface area contributed by atoms with Crippen molar-refractivity contribution in [3.05, 3.63) is 17.6 Å². The van der Waals surface area contributed by atoms with Crippen molar-refractivity contribution in [2.45, 2.75) is 45.6 Å². The van der Waals surface area contributed by atoms with Crippen LogP contribution in [0.25, 0.3) is 0 Å². The lowest BCUT2D eigenvalue weighted by molar-refractivity contribution is 0.383. The summed E-state index contributed by atoms with van der Waals surface area (Å²) in [6.07, 6.45) is 6.97. The number of anilines is 1. The lowest BCUT2D eigenvalue weighted by Gasteiger charge is -2.39. The number of hydrogen-bond donors (Lipinski definition) is 0. The van der Waals surface area contributed by atoms with E-state index in [1.165, 1.54) is 19.3 Å². The Morgan fingerprint density at radius 2 is 2.18 bits per heavy atom. The van der Waals surface area contributed by atoms with Crippen LogP contribution in [0.4, 0.5) is 5.82 Å². The highest BCUT2D eigenvalue weighted by molar-refractivity contribution is 9.09. The Kier molecular flexibility index (Phi) is 4.37. The molecular weight excluding hydrogens is 278 g/mol. The number of halogens is 1. The minimum Gasteiger partial charge on any atom is -0.352 e. The third-order valence-electron chi connectivity index (χ3n) is 3.37. The molecule has 94 valence electrons. The minimum atomic E-state index is 0.684. The summed E-state index contributed by atoms with van der Waals surface area (Å²) in [5.41, 5.74) is 2.06. The summed E-state index contributed by atoms with van der Waals surface area (Å²) in [7, 11) is 0. The predicted molar refractivity (Wildman–Crippen MR) is 74.9 cm³/mol. The van der Waals surface area contributed by atoms with Gasteiger partial charge >= 0.3 is 0 Å². The van der Waals surface area contributed by atoms with Crippen molar-refractivity contribution in [3.8, 4) is 0 Å². The molecule has 0 atom stereocenters. The molecule has 1 saturated carbocycles. The third kappa shape index (κ3) is 2.97. The first-order chi connectivity index (χ1) is 8.22. The van der Waals surface area contributed by atoms with Gasteiger partial charge in [-0.3, -0.25) is 4.98 Å². The summed E-state index contributed by atoms with van der Waals surface area (Å²) >= 11 is 3.51. The van der Waals surface area contributed by atoms with E-state index in [0.29, 0.717) is 6.04 Å². The van der Waals surface area contributed by atoms with Gasteiger partial charge in [0.2, 0.25) is 0 Å². The molecule has 0 bridgehead atoms. The molecule has 0 aliphatic heterocycles. The fourth-order valence-electron chi connectivity index (χ4n) is 2.19. The van der Waals surface area contributed by atoms with Gasteiger partial charge in [-0.2, -0.15) is 0 Å². The first kappa shape index (κ1) is 12.8. The summed E-state index contributed by atoms with van der Waals surface area (Å²) in [6.45, 7) is 5.15. The average molecular weight is 298 g/mol. The number of nitrogens with zero attached hydrogens (tertiary/aromatic N) is 3. The summed E-state index contributed by atoms with van der Waals surface area (Å²) < 4.78 is 0. The lowest BCUT2D eigenvalue weighted by Crippen LogP contribution is -2.42. The van der Waals surface area contributed by atoms with Crippen LogP contribution >= 0.6 is 15.9 Å². The molecule has 1 aromatic heterocycles. The van der Waals surface area contributed by atoms with Crippen LogP contribution in [0.2, 0.25) is 0 Å². The summed E-state index contributed by atoms with van der Waals surface area (Å²) in [5.74, 6) is 1.09. The Morgan fingerprint density at radius 1 is 1.41 bits per heavy atom. The molecule has 0 radical (unpaired) electrons.